The van der Waals surface area contributed by atoms with Gasteiger partial charge in [-0.3, -0.25) is 9.78 Å². The Hall–Kier alpha value is -4.24. The largest absolute Gasteiger partial charge is 0.337 e. The standard InChI is InChI=1S/C24H19N5O/c1-28(16-19-5-3-2-4-6-19)24(30)20-9-12-23(26-14-20)21-15-27-29(17-21)22-10-7-18(13-25)8-11-22/h2-12,14-15,17H,16H2,1H3. The van der Waals surface area contributed by atoms with Crippen LogP contribution in [0.5, 0.6) is 0 Å². The topological polar surface area (TPSA) is 74.8 Å². The number of nitriles is 1. The van der Waals surface area contributed by atoms with Crippen LogP contribution in [0, 0.1) is 11.3 Å². The molecule has 146 valence electrons. The number of nitrogens with zero attached hydrogens (tertiary/aromatic N) is 5. The van der Waals surface area contributed by atoms with Crippen LogP contribution in [-0.2, 0) is 6.54 Å². The molecule has 0 atom stereocenters. The first-order valence-electron chi connectivity index (χ1n) is 9.45. The molecule has 0 bridgehead atoms. The van der Waals surface area contributed by atoms with Crippen molar-refractivity contribution in [3.05, 3.63) is 102 Å². The highest BCUT2D eigenvalue weighted by molar-refractivity contribution is 5.94. The van der Waals surface area contributed by atoms with Gasteiger partial charge < -0.3 is 4.90 Å². The van der Waals surface area contributed by atoms with E-state index >= 15 is 0 Å². The summed E-state index contributed by atoms with van der Waals surface area (Å²) >= 11 is 0. The number of aromatic nitrogens is 3. The second kappa shape index (κ2) is 8.41. The van der Waals surface area contributed by atoms with Crippen molar-refractivity contribution in [2.45, 2.75) is 6.54 Å². The van der Waals surface area contributed by atoms with E-state index in [-0.39, 0.29) is 5.91 Å². The molecule has 2 heterocycles. The zero-order valence-electron chi connectivity index (χ0n) is 16.4. The van der Waals surface area contributed by atoms with Crippen molar-refractivity contribution in [1.82, 2.24) is 19.7 Å². The van der Waals surface area contributed by atoms with Crippen LogP contribution < -0.4 is 0 Å². The predicted molar refractivity (Wildman–Crippen MR) is 114 cm³/mol. The quantitative estimate of drug-likeness (QED) is 0.512. The lowest BCUT2D eigenvalue weighted by Gasteiger charge is -2.17. The van der Waals surface area contributed by atoms with Crippen molar-refractivity contribution >= 4 is 5.91 Å². The first-order chi connectivity index (χ1) is 14.6. The maximum absolute atomic E-state index is 12.7. The summed E-state index contributed by atoms with van der Waals surface area (Å²) in [6.45, 7) is 0.540. The fourth-order valence-corrected chi connectivity index (χ4v) is 3.13. The van der Waals surface area contributed by atoms with Gasteiger partial charge in [0.1, 0.15) is 0 Å². The van der Waals surface area contributed by atoms with Gasteiger partial charge in [0.25, 0.3) is 5.91 Å². The van der Waals surface area contributed by atoms with Crippen molar-refractivity contribution in [2.24, 2.45) is 0 Å². The van der Waals surface area contributed by atoms with E-state index in [0.29, 0.717) is 17.7 Å². The van der Waals surface area contributed by atoms with Gasteiger partial charge in [0.2, 0.25) is 0 Å². The number of hydrogen-bond acceptors (Lipinski definition) is 4. The van der Waals surface area contributed by atoms with E-state index in [9.17, 15) is 4.79 Å². The highest BCUT2D eigenvalue weighted by Gasteiger charge is 2.13. The van der Waals surface area contributed by atoms with E-state index in [1.54, 1.807) is 47.2 Å². The molecule has 0 N–H and O–H groups in total. The molecule has 0 saturated heterocycles. The van der Waals surface area contributed by atoms with Gasteiger partial charge in [-0.15, -0.1) is 0 Å². The first-order valence-corrected chi connectivity index (χ1v) is 9.45. The molecule has 0 spiro atoms. The second-order valence-corrected chi connectivity index (χ2v) is 6.91. The third-order valence-corrected chi connectivity index (χ3v) is 4.76. The fourth-order valence-electron chi connectivity index (χ4n) is 3.13. The molecule has 0 fully saturated rings. The lowest BCUT2D eigenvalue weighted by Crippen LogP contribution is -2.26. The highest BCUT2D eigenvalue weighted by atomic mass is 16.2. The number of carbonyl (C=O) groups is 1. The Morgan fingerprint density at radius 1 is 1.03 bits per heavy atom. The summed E-state index contributed by atoms with van der Waals surface area (Å²) in [5.41, 5.74) is 4.65. The molecule has 0 radical (unpaired) electrons. The summed E-state index contributed by atoms with van der Waals surface area (Å²) in [4.78, 5) is 18.8. The van der Waals surface area contributed by atoms with Crippen molar-refractivity contribution in [1.29, 1.82) is 5.26 Å². The lowest BCUT2D eigenvalue weighted by molar-refractivity contribution is 0.0784. The number of benzene rings is 2. The minimum absolute atomic E-state index is 0.0776. The highest BCUT2D eigenvalue weighted by Crippen LogP contribution is 2.19. The molecule has 30 heavy (non-hydrogen) atoms. The maximum Gasteiger partial charge on any atom is 0.255 e. The number of hydrogen-bond donors (Lipinski definition) is 0. The van der Waals surface area contributed by atoms with Gasteiger partial charge in [0.05, 0.1) is 34.8 Å². The lowest BCUT2D eigenvalue weighted by atomic mass is 10.1. The van der Waals surface area contributed by atoms with Crippen molar-refractivity contribution in [3.8, 4) is 23.0 Å². The molecule has 4 rings (SSSR count). The molecule has 0 aliphatic rings. The maximum atomic E-state index is 12.7. The zero-order chi connectivity index (χ0) is 20.9. The van der Waals surface area contributed by atoms with Crippen LogP contribution in [0.2, 0.25) is 0 Å². The molecule has 1 amide bonds. The van der Waals surface area contributed by atoms with Crippen LogP contribution >= 0.6 is 0 Å². The summed E-state index contributed by atoms with van der Waals surface area (Å²) in [5.74, 6) is -0.0776. The Morgan fingerprint density at radius 2 is 1.80 bits per heavy atom. The molecule has 0 unspecified atom stereocenters. The van der Waals surface area contributed by atoms with E-state index < -0.39 is 0 Å². The first kappa shape index (κ1) is 19.1. The van der Waals surface area contributed by atoms with Crippen LogP contribution in [0.25, 0.3) is 16.9 Å². The van der Waals surface area contributed by atoms with Crippen LogP contribution in [-0.4, -0.2) is 32.6 Å². The molecule has 4 aromatic rings. The van der Waals surface area contributed by atoms with Gasteiger partial charge in [0.15, 0.2) is 0 Å². The Labute approximate surface area is 174 Å². The van der Waals surface area contributed by atoms with Gasteiger partial charge in [-0.05, 0) is 42.0 Å². The van der Waals surface area contributed by atoms with Crippen LogP contribution in [0.1, 0.15) is 21.5 Å². The van der Waals surface area contributed by atoms with E-state index in [0.717, 1.165) is 22.5 Å². The van der Waals surface area contributed by atoms with Crippen LogP contribution in [0.15, 0.2) is 85.3 Å². The Kier molecular flexibility index (Phi) is 5.35. The Bertz CT molecular complexity index is 1190. The SMILES string of the molecule is CN(Cc1ccccc1)C(=O)c1ccc(-c2cnn(-c3ccc(C#N)cc3)c2)nc1. The molecule has 2 aromatic heterocycles. The summed E-state index contributed by atoms with van der Waals surface area (Å²) in [5, 5.41) is 13.3. The molecule has 0 saturated carbocycles. The molecular formula is C24H19N5O. The van der Waals surface area contributed by atoms with Gasteiger partial charge in [-0.1, -0.05) is 30.3 Å². The van der Waals surface area contributed by atoms with Gasteiger partial charge in [0, 0.05) is 31.5 Å². The monoisotopic (exact) mass is 393 g/mol. The summed E-state index contributed by atoms with van der Waals surface area (Å²) < 4.78 is 1.73. The van der Waals surface area contributed by atoms with Gasteiger partial charge in [-0.2, -0.15) is 10.4 Å². The smallest absolute Gasteiger partial charge is 0.255 e. The molecule has 6 nitrogen and oxygen atoms in total. The number of carbonyl (C=O) groups excluding carboxylic acids is 1. The van der Waals surface area contributed by atoms with Crippen molar-refractivity contribution in [3.63, 3.8) is 0 Å². The van der Waals surface area contributed by atoms with Crippen molar-refractivity contribution in [2.75, 3.05) is 7.05 Å². The summed E-state index contributed by atoms with van der Waals surface area (Å²) in [7, 11) is 1.78. The van der Waals surface area contributed by atoms with Crippen molar-refractivity contribution < 1.29 is 4.79 Å². The van der Waals surface area contributed by atoms with Crippen LogP contribution in [0.4, 0.5) is 0 Å². The zero-order valence-corrected chi connectivity index (χ0v) is 16.4. The number of amides is 1. The fraction of sp³-hybridized carbons (Fsp3) is 0.0833. The Balaban J connectivity index is 1.47. The predicted octanol–water partition coefficient (Wildman–Crippen LogP) is 4.08. The molecular weight excluding hydrogens is 374 g/mol. The third-order valence-electron chi connectivity index (χ3n) is 4.76. The molecule has 0 aliphatic carbocycles. The summed E-state index contributed by atoms with van der Waals surface area (Å²) in [6.07, 6.45) is 5.19. The third kappa shape index (κ3) is 4.10. The minimum Gasteiger partial charge on any atom is -0.337 e. The Morgan fingerprint density at radius 3 is 2.47 bits per heavy atom. The molecule has 2 aromatic carbocycles. The summed E-state index contributed by atoms with van der Waals surface area (Å²) in [6, 6.07) is 22.8. The van der Waals surface area contributed by atoms with E-state index in [4.69, 9.17) is 5.26 Å². The van der Waals surface area contributed by atoms with E-state index in [1.807, 2.05) is 54.7 Å². The number of rotatable bonds is 5. The normalized spacial score (nSPS) is 10.4. The van der Waals surface area contributed by atoms with Crippen LogP contribution in [0.3, 0.4) is 0 Å². The minimum atomic E-state index is -0.0776. The van der Waals surface area contributed by atoms with E-state index in [1.165, 1.54) is 0 Å². The molecule has 0 aliphatic heterocycles. The average molecular weight is 393 g/mol. The molecule has 6 heteroatoms. The van der Waals surface area contributed by atoms with Gasteiger partial charge >= 0.3 is 0 Å². The second-order valence-electron chi connectivity index (χ2n) is 6.91. The average Bonchev–Trinajstić information content (AvgIpc) is 3.30. The van der Waals surface area contributed by atoms with E-state index in [2.05, 4.69) is 16.2 Å². The van der Waals surface area contributed by atoms with Gasteiger partial charge in [-0.25, -0.2) is 4.68 Å². The number of pyridine rings is 1.